The van der Waals surface area contributed by atoms with Crippen LogP contribution >= 0.6 is 0 Å². The lowest BCUT2D eigenvalue weighted by molar-refractivity contribution is 0.342. The molecule has 6 nitrogen and oxygen atoms in total. The van der Waals surface area contributed by atoms with Crippen molar-refractivity contribution in [3.63, 3.8) is 0 Å². The van der Waals surface area contributed by atoms with Gasteiger partial charge in [0.25, 0.3) is 0 Å². The standard InChI is InChI=1S/C20H24N6/c1-2-18-24-25-19-9-8-15(14-26(18)19)10-21-11-16-12-22-20(23-13-16)17-6-4-3-5-7-17/h3-7,12-13,15,21H,2,8-11,14H2,1H3/t15-/m0/s1. The quantitative estimate of drug-likeness (QED) is 0.742. The predicted molar refractivity (Wildman–Crippen MR) is 100 cm³/mol. The maximum absolute atomic E-state index is 4.49. The van der Waals surface area contributed by atoms with Crippen molar-refractivity contribution in [2.45, 2.75) is 39.3 Å². The number of aromatic nitrogens is 5. The molecule has 0 amide bonds. The summed E-state index contributed by atoms with van der Waals surface area (Å²) in [6.45, 7) is 4.93. The molecule has 0 fully saturated rings. The summed E-state index contributed by atoms with van der Waals surface area (Å²) in [5.74, 6) is 3.64. The fraction of sp³-hybridized carbons (Fsp3) is 0.400. The highest BCUT2D eigenvalue weighted by Gasteiger charge is 2.21. The normalized spacial score (nSPS) is 16.4. The first kappa shape index (κ1) is 16.8. The minimum atomic E-state index is 0.619. The van der Waals surface area contributed by atoms with E-state index in [1.807, 2.05) is 42.7 Å². The van der Waals surface area contributed by atoms with E-state index in [2.05, 4.69) is 37.0 Å². The van der Waals surface area contributed by atoms with Crippen molar-refractivity contribution in [3.8, 4) is 11.4 Å². The lowest BCUT2D eigenvalue weighted by Crippen LogP contribution is -2.30. The van der Waals surface area contributed by atoms with E-state index in [1.165, 1.54) is 0 Å². The van der Waals surface area contributed by atoms with Crippen LogP contribution in [-0.4, -0.2) is 31.3 Å². The van der Waals surface area contributed by atoms with Crippen LogP contribution < -0.4 is 5.32 Å². The first-order chi connectivity index (χ1) is 12.8. The lowest BCUT2D eigenvalue weighted by atomic mass is 9.99. The predicted octanol–water partition coefficient (Wildman–Crippen LogP) is 2.65. The molecule has 0 aliphatic carbocycles. The van der Waals surface area contributed by atoms with Crippen LogP contribution in [0.5, 0.6) is 0 Å². The summed E-state index contributed by atoms with van der Waals surface area (Å²) in [5, 5.41) is 12.1. The highest BCUT2D eigenvalue weighted by Crippen LogP contribution is 2.20. The van der Waals surface area contributed by atoms with E-state index in [0.29, 0.717) is 5.92 Å². The molecule has 2 aromatic heterocycles. The molecule has 1 aliphatic rings. The van der Waals surface area contributed by atoms with Gasteiger partial charge in [-0.15, -0.1) is 10.2 Å². The van der Waals surface area contributed by atoms with Crippen LogP contribution in [0.1, 0.15) is 30.6 Å². The molecule has 1 N–H and O–H groups in total. The third-order valence-corrected chi connectivity index (χ3v) is 4.94. The second kappa shape index (κ2) is 7.74. The van der Waals surface area contributed by atoms with Gasteiger partial charge in [0.1, 0.15) is 11.6 Å². The molecule has 0 radical (unpaired) electrons. The van der Waals surface area contributed by atoms with E-state index >= 15 is 0 Å². The zero-order valence-electron chi connectivity index (χ0n) is 15.1. The Kier molecular flexibility index (Phi) is 5.02. The Hall–Kier alpha value is -2.60. The fourth-order valence-electron chi connectivity index (χ4n) is 3.48. The zero-order valence-corrected chi connectivity index (χ0v) is 15.1. The number of fused-ring (bicyclic) bond motifs is 1. The number of nitrogens with one attached hydrogen (secondary N) is 1. The van der Waals surface area contributed by atoms with Crippen molar-refractivity contribution in [2.75, 3.05) is 6.54 Å². The average Bonchev–Trinajstić information content (AvgIpc) is 3.11. The maximum Gasteiger partial charge on any atom is 0.159 e. The number of benzene rings is 1. The first-order valence-corrected chi connectivity index (χ1v) is 9.31. The molecule has 3 heterocycles. The first-order valence-electron chi connectivity index (χ1n) is 9.31. The van der Waals surface area contributed by atoms with E-state index in [9.17, 15) is 0 Å². The summed E-state index contributed by atoms with van der Waals surface area (Å²) in [5.41, 5.74) is 2.16. The Morgan fingerprint density at radius 3 is 2.69 bits per heavy atom. The smallest absolute Gasteiger partial charge is 0.159 e. The second-order valence-electron chi connectivity index (χ2n) is 6.81. The van der Waals surface area contributed by atoms with Gasteiger partial charge < -0.3 is 9.88 Å². The number of nitrogens with zero attached hydrogens (tertiary/aromatic N) is 5. The van der Waals surface area contributed by atoms with Crippen LogP contribution in [0.25, 0.3) is 11.4 Å². The Balaban J connectivity index is 1.30. The molecule has 0 spiro atoms. The average molecular weight is 348 g/mol. The van der Waals surface area contributed by atoms with Gasteiger partial charge in [-0.25, -0.2) is 9.97 Å². The van der Waals surface area contributed by atoms with Crippen molar-refractivity contribution in [1.82, 2.24) is 30.0 Å². The summed E-state index contributed by atoms with van der Waals surface area (Å²) in [6.07, 6.45) is 6.96. The van der Waals surface area contributed by atoms with Crippen LogP contribution in [0, 0.1) is 5.92 Å². The Morgan fingerprint density at radius 1 is 1.12 bits per heavy atom. The van der Waals surface area contributed by atoms with Crippen molar-refractivity contribution >= 4 is 0 Å². The highest BCUT2D eigenvalue weighted by atomic mass is 15.3. The molecule has 134 valence electrons. The highest BCUT2D eigenvalue weighted by molar-refractivity contribution is 5.53. The molecule has 0 unspecified atom stereocenters. The van der Waals surface area contributed by atoms with Crippen molar-refractivity contribution in [1.29, 1.82) is 0 Å². The number of hydrogen-bond acceptors (Lipinski definition) is 5. The zero-order chi connectivity index (χ0) is 17.8. The van der Waals surface area contributed by atoms with E-state index < -0.39 is 0 Å². The third kappa shape index (κ3) is 3.65. The lowest BCUT2D eigenvalue weighted by Gasteiger charge is -2.24. The molecule has 1 atom stereocenters. The molecule has 26 heavy (non-hydrogen) atoms. The van der Waals surface area contributed by atoms with Gasteiger partial charge in [-0.05, 0) is 18.9 Å². The molecule has 1 aliphatic heterocycles. The second-order valence-corrected chi connectivity index (χ2v) is 6.81. The minimum Gasteiger partial charge on any atom is -0.315 e. The molecule has 3 aromatic rings. The Morgan fingerprint density at radius 2 is 1.92 bits per heavy atom. The van der Waals surface area contributed by atoms with Crippen molar-refractivity contribution in [3.05, 3.63) is 59.9 Å². The largest absolute Gasteiger partial charge is 0.315 e. The number of aryl methyl sites for hydroxylation is 2. The minimum absolute atomic E-state index is 0.619. The molecular formula is C20H24N6. The molecule has 6 heteroatoms. The summed E-state index contributed by atoms with van der Waals surface area (Å²) >= 11 is 0. The van der Waals surface area contributed by atoms with Crippen LogP contribution in [0.3, 0.4) is 0 Å². The molecule has 4 rings (SSSR count). The van der Waals surface area contributed by atoms with E-state index in [4.69, 9.17) is 0 Å². The van der Waals surface area contributed by atoms with Gasteiger partial charge in [-0.2, -0.15) is 0 Å². The summed E-state index contributed by atoms with van der Waals surface area (Å²) in [6, 6.07) is 10.1. The van der Waals surface area contributed by atoms with Gasteiger partial charge in [0, 0.05) is 49.5 Å². The van der Waals surface area contributed by atoms with Crippen LogP contribution in [-0.2, 0) is 25.9 Å². The van der Waals surface area contributed by atoms with Gasteiger partial charge >= 0.3 is 0 Å². The van der Waals surface area contributed by atoms with Crippen molar-refractivity contribution in [2.24, 2.45) is 5.92 Å². The molecule has 0 saturated carbocycles. The van der Waals surface area contributed by atoms with Gasteiger partial charge in [-0.1, -0.05) is 37.3 Å². The molecule has 1 aromatic carbocycles. The summed E-state index contributed by atoms with van der Waals surface area (Å²) in [7, 11) is 0. The topological polar surface area (TPSA) is 68.5 Å². The Labute approximate surface area is 153 Å². The van der Waals surface area contributed by atoms with E-state index in [0.717, 1.165) is 67.5 Å². The molecular weight excluding hydrogens is 324 g/mol. The van der Waals surface area contributed by atoms with Crippen LogP contribution in [0.4, 0.5) is 0 Å². The summed E-state index contributed by atoms with van der Waals surface area (Å²) in [4.78, 5) is 8.98. The third-order valence-electron chi connectivity index (χ3n) is 4.94. The maximum atomic E-state index is 4.49. The summed E-state index contributed by atoms with van der Waals surface area (Å²) < 4.78 is 2.30. The van der Waals surface area contributed by atoms with Gasteiger partial charge in [-0.3, -0.25) is 0 Å². The van der Waals surface area contributed by atoms with Gasteiger partial charge in [0.2, 0.25) is 0 Å². The monoisotopic (exact) mass is 348 g/mol. The molecule has 0 bridgehead atoms. The number of hydrogen-bond donors (Lipinski definition) is 1. The van der Waals surface area contributed by atoms with Crippen molar-refractivity contribution < 1.29 is 0 Å². The van der Waals surface area contributed by atoms with E-state index in [1.54, 1.807) is 0 Å². The van der Waals surface area contributed by atoms with Gasteiger partial charge in [0.05, 0.1) is 0 Å². The Bertz CT molecular complexity index is 827. The van der Waals surface area contributed by atoms with E-state index in [-0.39, 0.29) is 0 Å². The van der Waals surface area contributed by atoms with Crippen LogP contribution in [0.15, 0.2) is 42.7 Å². The SMILES string of the molecule is CCc1nnc2n1C[C@H](CNCc1cnc(-c3ccccc3)nc1)CC2. The molecule has 0 saturated heterocycles. The number of rotatable bonds is 6. The van der Waals surface area contributed by atoms with Gasteiger partial charge in [0.15, 0.2) is 5.82 Å². The van der Waals surface area contributed by atoms with Crippen LogP contribution in [0.2, 0.25) is 0 Å². The fourth-order valence-corrected chi connectivity index (χ4v) is 3.48.